The van der Waals surface area contributed by atoms with Gasteiger partial charge in [-0.2, -0.15) is 13.5 Å². The summed E-state index contributed by atoms with van der Waals surface area (Å²) in [6.45, 7) is -0.0826. The van der Waals surface area contributed by atoms with Crippen LogP contribution in [0, 0.1) is 5.92 Å². The summed E-state index contributed by atoms with van der Waals surface area (Å²) in [4.78, 5) is 21.1. The van der Waals surface area contributed by atoms with Gasteiger partial charge in [-0.05, 0) is 46.1 Å². The number of anilines is 1. The van der Waals surface area contributed by atoms with Crippen LogP contribution >= 0.6 is 27.5 Å². The molecule has 0 unspecified atom stereocenters. The molecule has 1 saturated carbocycles. The summed E-state index contributed by atoms with van der Waals surface area (Å²) in [6, 6.07) is 6.02. The maximum atomic E-state index is 14.8. The molecule has 3 aromatic rings. The van der Waals surface area contributed by atoms with Gasteiger partial charge in [-0.25, -0.2) is 19.5 Å². The highest BCUT2D eigenvalue weighted by Gasteiger charge is 2.44. The molecule has 1 aromatic carbocycles. The maximum absolute atomic E-state index is 14.8. The van der Waals surface area contributed by atoms with E-state index in [1.165, 1.54) is 12.5 Å². The van der Waals surface area contributed by atoms with Crippen molar-refractivity contribution >= 4 is 49.4 Å². The molecule has 11 nitrogen and oxygen atoms in total. The van der Waals surface area contributed by atoms with Crippen LogP contribution in [-0.4, -0.2) is 64.0 Å². The molecule has 2 aromatic heterocycles. The fourth-order valence-corrected chi connectivity index (χ4v) is 4.81. The van der Waals surface area contributed by atoms with E-state index in [1.54, 1.807) is 23.0 Å². The largest absolute Gasteiger partial charge is 0.390 e. The SMILES string of the molecule is NS(=O)(=O)OC[C@H]1C[C@@H](Nc2ncncc2C(=O)c2ccn(Cc3ccc(Cl)c(Br)c3)n2)[C@@H](F)[C@@H]1O. The fourth-order valence-electron chi connectivity index (χ4n) is 3.90. The molecule has 36 heavy (non-hydrogen) atoms. The van der Waals surface area contributed by atoms with Gasteiger partial charge in [-0.1, -0.05) is 17.7 Å². The number of hydrogen-bond donors (Lipinski definition) is 3. The van der Waals surface area contributed by atoms with Crippen LogP contribution in [0.15, 0.2) is 47.5 Å². The second-order valence-electron chi connectivity index (χ2n) is 8.22. The van der Waals surface area contributed by atoms with Crippen molar-refractivity contribution in [2.24, 2.45) is 11.1 Å². The van der Waals surface area contributed by atoms with Crippen molar-refractivity contribution in [1.82, 2.24) is 19.7 Å². The predicted molar refractivity (Wildman–Crippen MR) is 131 cm³/mol. The van der Waals surface area contributed by atoms with Crippen LogP contribution in [0.3, 0.4) is 0 Å². The number of aromatic nitrogens is 4. The van der Waals surface area contributed by atoms with E-state index in [0.29, 0.717) is 11.6 Å². The third-order valence-corrected chi connectivity index (χ3v) is 7.36. The van der Waals surface area contributed by atoms with E-state index in [-0.39, 0.29) is 23.5 Å². The average Bonchev–Trinajstić information content (AvgIpc) is 3.40. The first-order chi connectivity index (χ1) is 17.0. The number of benzene rings is 1. The molecule has 0 amide bonds. The van der Waals surface area contributed by atoms with E-state index in [9.17, 15) is 22.7 Å². The van der Waals surface area contributed by atoms with Crippen molar-refractivity contribution in [2.45, 2.75) is 31.3 Å². The molecule has 0 radical (unpaired) electrons. The fraction of sp³-hybridized carbons (Fsp3) is 0.333. The van der Waals surface area contributed by atoms with Gasteiger partial charge in [0.1, 0.15) is 24.0 Å². The molecule has 0 spiro atoms. The van der Waals surface area contributed by atoms with Gasteiger partial charge in [0, 0.05) is 22.8 Å². The Bertz CT molecular complexity index is 1380. The van der Waals surface area contributed by atoms with Crippen LogP contribution in [0.1, 0.15) is 28.0 Å². The third-order valence-electron chi connectivity index (χ3n) is 5.68. The normalized spacial score (nSPS) is 22.0. The Morgan fingerprint density at radius 1 is 1.39 bits per heavy atom. The minimum absolute atomic E-state index is 0.0146. The monoisotopic (exact) mass is 602 g/mol. The molecule has 1 aliphatic rings. The molecule has 2 heterocycles. The number of ketones is 1. The maximum Gasteiger partial charge on any atom is 0.333 e. The van der Waals surface area contributed by atoms with E-state index < -0.39 is 46.9 Å². The van der Waals surface area contributed by atoms with Crippen molar-refractivity contribution in [3.63, 3.8) is 0 Å². The van der Waals surface area contributed by atoms with Gasteiger partial charge in [-0.3, -0.25) is 13.7 Å². The van der Waals surface area contributed by atoms with Crippen LogP contribution in [0.5, 0.6) is 0 Å². The number of aliphatic hydroxyl groups is 1. The van der Waals surface area contributed by atoms with Crippen molar-refractivity contribution in [1.29, 1.82) is 0 Å². The van der Waals surface area contributed by atoms with E-state index in [4.69, 9.17) is 16.7 Å². The Hall–Kier alpha value is -2.49. The van der Waals surface area contributed by atoms with Gasteiger partial charge in [-0.15, -0.1) is 0 Å². The van der Waals surface area contributed by atoms with Crippen molar-refractivity contribution in [2.75, 3.05) is 11.9 Å². The molecular weight excluding hydrogens is 583 g/mol. The first kappa shape index (κ1) is 26.6. The Labute approximate surface area is 219 Å². The van der Waals surface area contributed by atoms with Gasteiger partial charge >= 0.3 is 10.3 Å². The number of aliphatic hydroxyl groups excluding tert-OH is 1. The van der Waals surface area contributed by atoms with Crippen LogP contribution < -0.4 is 10.5 Å². The zero-order valence-electron chi connectivity index (χ0n) is 18.5. The minimum Gasteiger partial charge on any atom is -0.390 e. The van der Waals surface area contributed by atoms with Gasteiger partial charge in [0.05, 0.1) is 35.9 Å². The first-order valence-corrected chi connectivity index (χ1v) is 13.2. The van der Waals surface area contributed by atoms with Crippen LogP contribution in [0.4, 0.5) is 10.2 Å². The molecule has 4 atom stereocenters. The summed E-state index contributed by atoms with van der Waals surface area (Å²) in [5.41, 5.74) is 1.10. The zero-order chi connectivity index (χ0) is 26.0. The highest BCUT2D eigenvalue weighted by atomic mass is 79.9. The Kier molecular flexibility index (Phi) is 8.02. The van der Waals surface area contributed by atoms with E-state index in [2.05, 4.69) is 40.5 Å². The molecule has 4 rings (SSSR count). The minimum atomic E-state index is -4.24. The second kappa shape index (κ2) is 10.9. The Morgan fingerprint density at radius 3 is 2.89 bits per heavy atom. The average molecular weight is 604 g/mol. The number of alkyl halides is 1. The second-order valence-corrected chi connectivity index (χ2v) is 10.7. The molecule has 0 bridgehead atoms. The number of carbonyl (C=O) groups excluding carboxylic acids is 1. The Balaban J connectivity index is 1.47. The number of nitrogens with one attached hydrogen (secondary N) is 1. The topological polar surface area (TPSA) is 162 Å². The van der Waals surface area contributed by atoms with Gasteiger partial charge in [0.15, 0.2) is 0 Å². The van der Waals surface area contributed by atoms with Gasteiger partial charge in [0.2, 0.25) is 5.78 Å². The summed E-state index contributed by atoms with van der Waals surface area (Å²) < 4.78 is 43.6. The first-order valence-electron chi connectivity index (χ1n) is 10.6. The number of nitrogens with two attached hydrogens (primary N) is 1. The molecule has 0 saturated heterocycles. The van der Waals surface area contributed by atoms with Crippen molar-refractivity contribution < 1.29 is 26.9 Å². The summed E-state index contributed by atoms with van der Waals surface area (Å²) in [7, 11) is -4.24. The van der Waals surface area contributed by atoms with Crippen molar-refractivity contribution in [3.05, 3.63) is 69.3 Å². The van der Waals surface area contributed by atoms with Gasteiger partial charge in [0.25, 0.3) is 0 Å². The Morgan fingerprint density at radius 2 is 2.17 bits per heavy atom. The lowest BCUT2D eigenvalue weighted by Gasteiger charge is -2.18. The molecule has 4 N–H and O–H groups in total. The molecular formula is C21H21BrClFN6O5S. The smallest absolute Gasteiger partial charge is 0.333 e. The van der Waals surface area contributed by atoms with Crippen LogP contribution in [0.25, 0.3) is 0 Å². The molecule has 0 aliphatic heterocycles. The number of hydrogen-bond acceptors (Lipinski definition) is 9. The zero-order valence-corrected chi connectivity index (χ0v) is 21.6. The van der Waals surface area contributed by atoms with Crippen molar-refractivity contribution in [3.8, 4) is 0 Å². The number of carbonyl (C=O) groups is 1. The highest BCUT2D eigenvalue weighted by Crippen LogP contribution is 2.32. The summed E-state index contributed by atoms with van der Waals surface area (Å²) in [5, 5.41) is 22.7. The van der Waals surface area contributed by atoms with Crippen LogP contribution in [-0.2, 0) is 21.0 Å². The van der Waals surface area contributed by atoms with E-state index in [0.717, 1.165) is 10.0 Å². The molecule has 1 fully saturated rings. The summed E-state index contributed by atoms with van der Waals surface area (Å²) >= 11 is 9.40. The molecule has 1 aliphatic carbocycles. The predicted octanol–water partition coefficient (Wildman–Crippen LogP) is 2.09. The lowest BCUT2D eigenvalue weighted by atomic mass is 10.1. The number of rotatable bonds is 9. The number of halogens is 3. The lowest BCUT2D eigenvalue weighted by Crippen LogP contribution is -2.33. The quantitative estimate of drug-likeness (QED) is 0.311. The molecule has 15 heteroatoms. The molecule has 192 valence electrons. The van der Waals surface area contributed by atoms with E-state index >= 15 is 0 Å². The third kappa shape index (κ3) is 6.25. The standard InChI is InChI=1S/C21H21BrClFN6O5S/c22-14-5-11(1-2-15(14)23)8-30-4-3-16(29-30)20(32)13-7-26-10-27-21(13)28-17-6-12(19(31)18(17)24)9-35-36(25,33)34/h1-5,7,10,12,17-19,31H,6,8-9H2,(H2,25,33,34)(H,26,27,28)/t12-,17-,18-,19-/m1/s1. The van der Waals surface area contributed by atoms with Crippen LogP contribution in [0.2, 0.25) is 5.02 Å². The summed E-state index contributed by atoms with van der Waals surface area (Å²) in [6.07, 6.45) is 0.876. The van der Waals surface area contributed by atoms with Gasteiger partial charge < -0.3 is 10.4 Å². The lowest BCUT2D eigenvalue weighted by molar-refractivity contribution is 0.0501. The summed E-state index contributed by atoms with van der Waals surface area (Å²) in [5.74, 6) is -1.27. The highest BCUT2D eigenvalue weighted by molar-refractivity contribution is 9.10. The van der Waals surface area contributed by atoms with E-state index in [1.807, 2.05) is 12.1 Å². The number of nitrogens with zero attached hydrogens (tertiary/aromatic N) is 4.